The van der Waals surface area contributed by atoms with Crippen LogP contribution in [-0.4, -0.2) is 64.5 Å². The second-order valence-corrected chi connectivity index (χ2v) is 10.00. The number of piperidine rings is 1. The number of carbonyl (C=O) groups is 3. The van der Waals surface area contributed by atoms with Crippen LogP contribution in [0.2, 0.25) is 5.02 Å². The molecule has 0 bridgehead atoms. The number of fused-ring (bicyclic) bond motifs is 1. The van der Waals surface area contributed by atoms with Gasteiger partial charge in [-0.25, -0.2) is 4.98 Å². The van der Waals surface area contributed by atoms with Crippen molar-refractivity contribution >= 4 is 35.0 Å². The molecule has 10 heteroatoms. The van der Waals surface area contributed by atoms with E-state index in [1.807, 2.05) is 35.9 Å². The molecular formula is C27H26ClN5O4. The number of anilines is 1. The SMILES string of the molecule is Cn1cnc(-c2ccc3c(c2)CN(C2CCC(=O)NC2=O)C3=O)c1-c1ccc(N2CCOCC2)c(Cl)c1. The van der Waals surface area contributed by atoms with Gasteiger partial charge in [-0.05, 0) is 36.2 Å². The topological polar surface area (TPSA) is 96.8 Å². The zero-order valence-corrected chi connectivity index (χ0v) is 21.1. The Morgan fingerprint density at radius 2 is 1.84 bits per heavy atom. The fourth-order valence-electron chi connectivity index (χ4n) is 5.42. The lowest BCUT2D eigenvalue weighted by atomic mass is 10.0. The third kappa shape index (κ3) is 4.18. The normalized spacial score (nSPS) is 19.8. The molecule has 3 aromatic rings. The number of halogens is 1. The van der Waals surface area contributed by atoms with E-state index in [0.29, 0.717) is 36.8 Å². The molecule has 0 saturated carbocycles. The lowest BCUT2D eigenvalue weighted by Gasteiger charge is -2.29. The minimum Gasteiger partial charge on any atom is -0.378 e. The number of rotatable bonds is 4. The number of imidazole rings is 1. The van der Waals surface area contributed by atoms with Crippen LogP contribution in [0.5, 0.6) is 0 Å². The summed E-state index contributed by atoms with van der Waals surface area (Å²) < 4.78 is 7.42. The molecule has 0 radical (unpaired) electrons. The maximum Gasteiger partial charge on any atom is 0.255 e. The van der Waals surface area contributed by atoms with E-state index in [1.54, 1.807) is 17.3 Å². The van der Waals surface area contributed by atoms with Gasteiger partial charge in [0, 0.05) is 49.8 Å². The maximum absolute atomic E-state index is 13.1. The van der Waals surface area contributed by atoms with Crippen LogP contribution in [0, 0.1) is 0 Å². The van der Waals surface area contributed by atoms with E-state index >= 15 is 0 Å². The van der Waals surface area contributed by atoms with Crippen molar-refractivity contribution in [3.05, 3.63) is 58.9 Å². The number of amides is 3. The quantitative estimate of drug-likeness (QED) is 0.532. The van der Waals surface area contributed by atoms with Crippen LogP contribution in [0.15, 0.2) is 42.7 Å². The fourth-order valence-corrected chi connectivity index (χ4v) is 5.72. The molecule has 6 rings (SSSR count). The molecule has 2 fully saturated rings. The predicted octanol–water partition coefficient (Wildman–Crippen LogP) is 3.01. The number of morpholine rings is 1. The van der Waals surface area contributed by atoms with Gasteiger partial charge in [-0.1, -0.05) is 23.7 Å². The first-order valence-electron chi connectivity index (χ1n) is 12.3. The molecule has 0 spiro atoms. The second kappa shape index (κ2) is 9.32. The highest BCUT2D eigenvalue weighted by Gasteiger charge is 2.39. The Bertz CT molecular complexity index is 1430. The van der Waals surface area contributed by atoms with Crippen LogP contribution in [0.3, 0.4) is 0 Å². The van der Waals surface area contributed by atoms with E-state index in [9.17, 15) is 14.4 Å². The number of hydrogen-bond acceptors (Lipinski definition) is 6. The number of carbonyl (C=O) groups excluding carboxylic acids is 3. The fraction of sp³-hybridized carbons (Fsp3) is 0.333. The summed E-state index contributed by atoms with van der Waals surface area (Å²) in [6, 6.07) is 11.1. The third-order valence-corrected chi connectivity index (χ3v) is 7.61. The molecule has 37 heavy (non-hydrogen) atoms. The highest BCUT2D eigenvalue weighted by Crippen LogP contribution is 2.37. The Morgan fingerprint density at radius 1 is 1.05 bits per heavy atom. The van der Waals surface area contributed by atoms with E-state index in [1.165, 1.54) is 0 Å². The molecule has 3 aliphatic heterocycles. The lowest BCUT2D eigenvalue weighted by molar-refractivity contribution is -0.136. The van der Waals surface area contributed by atoms with Gasteiger partial charge in [0.2, 0.25) is 11.8 Å². The van der Waals surface area contributed by atoms with Gasteiger partial charge in [0.05, 0.1) is 41.6 Å². The van der Waals surface area contributed by atoms with Gasteiger partial charge in [0.15, 0.2) is 0 Å². The van der Waals surface area contributed by atoms with Crippen LogP contribution in [-0.2, 0) is 27.9 Å². The van der Waals surface area contributed by atoms with Gasteiger partial charge >= 0.3 is 0 Å². The van der Waals surface area contributed by atoms with Crippen molar-refractivity contribution in [2.45, 2.75) is 25.4 Å². The zero-order valence-electron chi connectivity index (χ0n) is 20.4. The summed E-state index contributed by atoms with van der Waals surface area (Å²) in [5.41, 5.74) is 5.92. The molecule has 0 aliphatic carbocycles. The van der Waals surface area contributed by atoms with Crippen molar-refractivity contribution in [3.8, 4) is 22.5 Å². The highest BCUT2D eigenvalue weighted by molar-refractivity contribution is 6.33. The number of aryl methyl sites for hydroxylation is 1. The van der Waals surface area contributed by atoms with E-state index in [4.69, 9.17) is 16.3 Å². The first kappa shape index (κ1) is 23.7. The van der Waals surface area contributed by atoms with Crippen LogP contribution in [0.4, 0.5) is 5.69 Å². The molecule has 3 amide bonds. The standard InChI is InChI=1S/C27H26ClN5O4/c1-31-15-29-24(25(31)17-3-5-21(20(28)13-17)32-8-10-37-11-9-32)16-2-4-19-18(12-16)14-33(27(19)36)22-6-7-23(34)30-26(22)35/h2-5,12-13,15,22H,6-11,14H2,1H3,(H,30,34,35). The molecular weight excluding hydrogens is 494 g/mol. The van der Waals surface area contributed by atoms with Crippen molar-refractivity contribution in [2.75, 3.05) is 31.2 Å². The van der Waals surface area contributed by atoms with Crippen LogP contribution < -0.4 is 10.2 Å². The summed E-state index contributed by atoms with van der Waals surface area (Å²) in [5, 5.41) is 3.02. The van der Waals surface area contributed by atoms with Crippen molar-refractivity contribution in [3.63, 3.8) is 0 Å². The molecule has 190 valence electrons. The smallest absolute Gasteiger partial charge is 0.255 e. The molecule has 1 N–H and O–H groups in total. The maximum atomic E-state index is 13.1. The molecule has 2 aromatic carbocycles. The first-order chi connectivity index (χ1) is 17.9. The van der Waals surface area contributed by atoms with E-state index in [-0.39, 0.29) is 18.2 Å². The summed E-state index contributed by atoms with van der Waals surface area (Å²) in [6.45, 7) is 3.30. The Kier molecular flexibility index (Phi) is 5.97. The number of imide groups is 1. The first-order valence-corrected chi connectivity index (χ1v) is 12.7. The number of nitrogens with one attached hydrogen (secondary N) is 1. The number of hydrogen-bond donors (Lipinski definition) is 1. The second-order valence-electron chi connectivity index (χ2n) is 9.59. The molecule has 3 aliphatic rings. The molecule has 1 atom stereocenters. The molecule has 9 nitrogen and oxygen atoms in total. The van der Waals surface area contributed by atoms with Crippen LogP contribution >= 0.6 is 11.6 Å². The largest absolute Gasteiger partial charge is 0.378 e. The summed E-state index contributed by atoms with van der Waals surface area (Å²) in [4.78, 5) is 45.5. The van der Waals surface area contributed by atoms with Gasteiger partial charge < -0.3 is 19.1 Å². The zero-order chi connectivity index (χ0) is 25.7. The molecule has 2 saturated heterocycles. The van der Waals surface area contributed by atoms with Crippen molar-refractivity contribution < 1.29 is 19.1 Å². The lowest BCUT2D eigenvalue weighted by Crippen LogP contribution is -2.52. The van der Waals surface area contributed by atoms with E-state index in [2.05, 4.69) is 21.3 Å². The Balaban J connectivity index is 1.30. The van der Waals surface area contributed by atoms with Crippen molar-refractivity contribution in [1.29, 1.82) is 0 Å². The minimum atomic E-state index is -0.640. The van der Waals surface area contributed by atoms with Gasteiger partial charge in [-0.2, -0.15) is 0 Å². The Labute approximate surface area is 219 Å². The van der Waals surface area contributed by atoms with Gasteiger partial charge in [0.1, 0.15) is 6.04 Å². The van der Waals surface area contributed by atoms with Crippen LogP contribution in [0.1, 0.15) is 28.8 Å². The monoisotopic (exact) mass is 519 g/mol. The summed E-state index contributed by atoms with van der Waals surface area (Å²) in [6.07, 6.45) is 2.33. The molecule has 4 heterocycles. The summed E-state index contributed by atoms with van der Waals surface area (Å²) in [5.74, 6) is -0.904. The van der Waals surface area contributed by atoms with Crippen LogP contribution in [0.25, 0.3) is 22.5 Å². The minimum absolute atomic E-state index is 0.192. The molecule has 1 unspecified atom stereocenters. The van der Waals surface area contributed by atoms with Crippen molar-refractivity contribution in [1.82, 2.24) is 19.8 Å². The van der Waals surface area contributed by atoms with E-state index in [0.717, 1.165) is 46.9 Å². The third-order valence-electron chi connectivity index (χ3n) is 7.31. The Hall–Kier alpha value is -3.69. The van der Waals surface area contributed by atoms with Gasteiger partial charge in [-0.15, -0.1) is 0 Å². The highest BCUT2D eigenvalue weighted by atomic mass is 35.5. The van der Waals surface area contributed by atoms with Gasteiger partial charge in [0.25, 0.3) is 5.91 Å². The number of benzene rings is 2. The summed E-state index contributed by atoms with van der Waals surface area (Å²) in [7, 11) is 1.94. The number of aromatic nitrogens is 2. The average molecular weight is 520 g/mol. The molecule has 1 aromatic heterocycles. The van der Waals surface area contributed by atoms with Crippen molar-refractivity contribution in [2.24, 2.45) is 7.05 Å². The average Bonchev–Trinajstić information content (AvgIpc) is 3.44. The number of nitrogens with zero attached hydrogens (tertiary/aromatic N) is 4. The predicted molar refractivity (Wildman–Crippen MR) is 138 cm³/mol. The van der Waals surface area contributed by atoms with Gasteiger partial charge in [-0.3, -0.25) is 19.7 Å². The Morgan fingerprint density at radius 3 is 2.59 bits per heavy atom. The van der Waals surface area contributed by atoms with E-state index < -0.39 is 11.9 Å². The number of ether oxygens (including phenoxy) is 1. The summed E-state index contributed by atoms with van der Waals surface area (Å²) >= 11 is 6.72.